The lowest BCUT2D eigenvalue weighted by molar-refractivity contribution is -0.384. The Balaban J connectivity index is 2.30. The van der Waals surface area contributed by atoms with Crippen molar-refractivity contribution in [1.29, 1.82) is 0 Å². The number of nitro benzene ring substituents is 1. The van der Waals surface area contributed by atoms with Gasteiger partial charge < -0.3 is 14.8 Å². The molecule has 3 rings (SSSR count). The normalized spacial score (nSPS) is 11.6. The maximum atomic E-state index is 12.2. The highest BCUT2D eigenvalue weighted by Gasteiger charge is 2.18. The number of hydrogen-bond acceptors (Lipinski definition) is 5. The third-order valence-electron chi connectivity index (χ3n) is 3.52. The topological polar surface area (TPSA) is 156 Å². The van der Waals surface area contributed by atoms with Gasteiger partial charge in [0.2, 0.25) is 0 Å². The van der Waals surface area contributed by atoms with E-state index in [1.54, 1.807) is 0 Å². The first-order valence-corrected chi connectivity index (χ1v) is 8.40. The Kier molecular flexibility index (Phi) is 3.88. The summed E-state index contributed by atoms with van der Waals surface area (Å²) in [6.07, 6.45) is 0. The van der Waals surface area contributed by atoms with Gasteiger partial charge in [-0.1, -0.05) is 0 Å². The van der Waals surface area contributed by atoms with E-state index in [-0.39, 0.29) is 27.7 Å². The molecule has 0 aliphatic heterocycles. The second-order valence-corrected chi connectivity index (χ2v) is 6.72. The molecule has 2 aromatic carbocycles. The van der Waals surface area contributed by atoms with Crippen LogP contribution in [0.2, 0.25) is 0 Å². The molecular formula is C14H10N3O7P. The van der Waals surface area contributed by atoms with E-state index in [0.717, 1.165) is 22.8 Å². The predicted molar refractivity (Wildman–Crippen MR) is 88.5 cm³/mol. The minimum absolute atomic E-state index is 0.0814. The molecule has 1 heterocycles. The van der Waals surface area contributed by atoms with Crippen molar-refractivity contribution in [2.75, 3.05) is 0 Å². The Morgan fingerprint density at radius 2 is 1.72 bits per heavy atom. The number of aromatic amines is 1. The molecule has 0 aliphatic carbocycles. The van der Waals surface area contributed by atoms with Gasteiger partial charge in [0.05, 0.1) is 21.3 Å². The minimum atomic E-state index is -4.45. The summed E-state index contributed by atoms with van der Waals surface area (Å²) in [5, 5.41) is 10.6. The predicted octanol–water partition coefficient (Wildman–Crippen LogP) is 0.390. The van der Waals surface area contributed by atoms with Gasteiger partial charge in [0, 0.05) is 17.8 Å². The fourth-order valence-electron chi connectivity index (χ4n) is 2.37. The molecule has 0 aliphatic rings. The number of benzene rings is 2. The van der Waals surface area contributed by atoms with Gasteiger partial charge in [-0.2, -0.15) is 0 Å². The molecule has 0 fully saturated rings. The van der Waals surface area contributed by atoms with E-state index in [1.165, 1.54) is 24.3 Å². The Morgan fingerprint density at radius 3 is 2.28 bits per heavy atom. The molecule has 128 valence electrons. The number of aromatic nitrogens is 2. The molecule has 0 amide bonds. The molecule has 0 radical (unpaired) electrons. The summed E-state index contributed by atoms with van der Waals surface area (Å²) in [6.45, 7) is 0. The van der Waals surface area contributed by atoms with Crippen LogP contribution in [0.15, 0.2) is 52.1 Å². The number of nitrogens with zero attached hydrogens (tertiary/aromatic N) is 2. The highest BCUT2D eigenvalue weighted by Crippen LogP contribution is 2.33. The number of hydrogen-bond donors (Lipinski definition) is 3. The molecule has 1 aromatic heterocycles. The molecule has 0 unspecified atom stereocenters. The van der Waals surface area contributed by atoms with E-state index in [2.05, 4.69) is 4.98 Å². The molecule has 0 spiro atoms. The summed E-state index contributed by atoms with van der Waals surface area (Å²) < 4.78 is 12.2. The zero-order valence-electron chi connectivity index (χ0n) is 12.3. The lowest BCUT2D eigenvalue weighted by Crippen LogP contribution is -2.35. The number of rotatable bonds is 3. The fraction of sp³-hybridized carbons (Fsp3) is 0. The molecule has 0 saturated heterocycles. The standard InChI is InChI=1S/C14H10N3O7P/c18-13-14(19)16(8-1-4-10(5-2-8)25(22,23)24)12-6-3-9(17(20)21)7-11(12)15-13/h1-7H,(H,15,18)(H2,22,23,24). The molecule has 3 N–H and O–H groups in total. The van der Waals surface area contributed by atoms with Crippen LogP contribution in [0, 0.1) is 10.1 Å². The van der Waals surface area contributed by atoms with Gasteiger partial charge in [0.25, 0.3) is 5.69 Å². The molecule has 0 atom stereocenters. The van der Waals surface area contributed by atoms with Crippen molar-refractivity contribution in [3.05, 3.63) is 73.3 Å². The lowest BCUT2D eigenvalue weighted by atomic mass is 10.2. The quantitative estimate of drug-likeness (QED) is 0.263. The second-order valence-electron chi connectivity index (χ2n) is 5.11. The summed E-state index contributed by atoms with van der Waals surface area (Å²) >= 11 is 0. The molecule has 10 nitrogen and oxygen atoms in total. The average molecular weight is 363 g/mol. The maximum Gasteiger partial charge on any atom is 0.356 e. The van der Waals surface area contributed by atoms with E-state index < -0.39 is 23.6 Å². The third kappa shape index (κ3) is 3.01. The van der Waals surface area contributed by atoms with E-state index in [1.807, 2.05) is 0 Å². The van der Waals surface area contributed by atoms with Crippen molar-refractivity contribution in [2.45, 2.75) is 0 Å². The molecule has 11 heteroatoms. The highest BCUT2D eigenvalue weighted by atomic mass is 31.2. The average Bonchev–Trinajstić information content (AvgIpc) is 2.55. The van der Waals surface area contributed by atoms with Gasteiger partial charge in [0.1, 0.15) is 0 Å². The zero-order valence-corrected chi connectivity index (χ0v) is 13.2. The Labute approximate surface area is 138 Å². The van der Waals surface area contributed by atoms with Crippen LogP contribution in [0.5, 0.6) is 0 Å². The van der Waals surface area contributed by atoms with Crippen LogP contribution < -0.4 is 16.4 Å². The Hall–Kier alpha value is -3.07. The van der Waals surface area contributed by atoms with Gasteiger partial charge in [-0.3, -0.25) is 28.8 Å². The summed E-state index contributed by atoms with van der Waals surface area (Å²) in [5.74, 6) is 0. The third-order valence-corrected chi connectivity index (χ3v) is 4.49. The lowest BCUT2D eigenvalue weighted by Gasteiger charge is -2.11. The van der Waals surface area contributed by atoms with Gasteiger partial charge in [-0.05, 0) is 30.3 Å². The summed E-state index contributed by atoms with van der Waals surface area (Å²) in [7, 11) is -4.45. The van der Waals surface area contributed by atoms with E-state index in [9.17, 15) is 24.3 Å². The number of non-ortho nitro benzene ring substituents is 1. The van der Waals surface area contributed by atoms with Crippen molar-refractivity contribution in [1.82, 2.24) is 9.55 Å². The number of nitrogens with one attached hydrogen (secondary N) is 1. The number of fused-ring (bicyclic) bond motifs is 1. The zero-order chi connectivity index (χ0) is 18.4. The van der Waals surface area contributed by atoms with E-state index >= 15 is 0 Å². The Bertz CT molecular complexity index is 1160. The number of H-pyrrole nitrogens is 1. The van der Waals surface area contributed by atoms with Gasteiger partial charge in [-0.25, -0.2) is 0 Å². The molecule has 25 heavy (non-hydrogen) atoms. The monoisotopic (exact) mass is 363 g/mol. The molecular weight excluding hydrogens is 353 g/mol. The van der Waals surface area contributed by atoms with Crippen LogP contribution in [0.3, 0.4) is 0 Å². The largest absolute Gasteiger partial charge is 0.356 e. The first-order valence-electron chi connectivity index (χ1n) is 6.78. The van der Waals surface area contributed by atoms with Gasteiger partial charge in [-0.15, -0.1) is 0 Å². The van der Waals surface area contributed by atoms with Crippen LogP contribution in [-0.2, 0) is 4.57 Å². The molecule has 3 aromatic rings. The molecule has 0 bridgehead atoms. The van der Waals surface area contributed by atoms with Crippen molar-refractivity contribution in [3.8, 4) is 5.69 Å². The number of nitro groups is 1. The second kappa shape index (κ2) is 5.78. The van der Waals surface area contributed by atoms with Crippen molar-refractivity contribution >= 4 is 29.6 Å². The SMILES string of the molecule is O=c1[nH]c2cc([N+](=O)[O-])ccc2n(-c2ccc(P(=O)(O)O)cc2)c1=O. The van der Waals surface area contributed by atoms with Crippen molar-refractivity contribution < 1.29 is 19.3 Å². The minimum Gasteiger partial charge on any atom is -0.321 e. The van der Waals surface area contributed by atoms with Crippen LogP contribution in [0.25, 0.3) is 16.7 Å². The first kappa shape index (κ1) is 16.8. The summed E-state index contributed by atoms with van der Waals surface area (Å²) in [5.41, 5.74) is -1.69. The van der Waals surface area contributed by atoms with Crippen LogP contribution in [0.1, 0.15) is 0 Å². The van der Waals surface area contributed by atoms with E-state index in [4.69, 9.17) is 9.79 Å². The summed E-state index contributed by atoms with van der Waals surface area (Å²) in [6, 6.07) is 8.44. The highest BCUT2D eigenvalue weighted by molar-refractivity contribution is 7.60. The summed E-state index contributed by atoms with van der Waals surface area (Å²) in [4.78, 5) is 54.8. The first-order chi connectivity index (χ1) is 11.7. The van der Waals surface area contributed by atoms with Gasteiger partial charge >= 0.3 is 18.7 Å². The van der Waals surface area contributed by atoms with Crippen molar-refractivity contribution in [3.63, 3.8) is 0 Å². The Morgan fingerprint density at radius 1 is 1.08 bits per heavy atom. The maximum absolute atomic E-state index is 12.2. The van der Waals surface area contributed by atoms with Gasteiger partial charge in [0.15, 0.2) is 0 Å². The van der Waals surface area contributed by atoms with Crippen LogP contribution in [0.4, 0.5) is 5.69 Å². The molecule has 0 saturated carbocycles. The van der Waals surface area contributed by atoms with E-state index in [0.29, 0.717) is 0 Å². The van der Waals surface area contributed by atoms with Crippen molar-refractivity contribution in [2.24, 2.45) is 0 Å². The van der Waals surface area contributed by atoms with Crippen LogP contribution >= 0.6 is 7.60 Å². The fourth-order valence-corrected chi connectivity index (χ4v) is 2.91. The smallest absolute Gasteiger partial charge is 0.321 e. The van der Waals surface area contributed by atoms with Crippen LogP contribution in [-0.4, -0.2) is 24.3 Å².